The van der Waals surface area contributed by atoms with E-state index in [-0.39, 0.29) is 10.6 Å². The van der Waals surface area contributed by atoms with Gasteiger partial charge in [0.05, 0.1) is 5.69 Å². The van der Waals surface area contributed by atoms with Crippen LogP contribution in [0.5, 0.6) is 0 Å². The lowest BCUT2D eigenvalue weighted by molar-refractivity contribution is 0.601. The second-order valence-corrected chi connectivity index (χ2v) is 6.71. The number of benzene rings is 1. The highest BCUT2D eigenvalue weighted by Gasteiger charge is 2.15. The molecular formula is C13H10BrN3O2S. The van der Waals surface area contributed by atoms with Crippen LogP contribution in [-0.4, -0.2) is 13.4 Å². The Kier molecular flexibility index (Phi) is 4.06. The normalized spacial score (nSPS) is 10.8. The molecule has 0 fully saturated rings. The Morgan fingerprint density at radius 1 is 1.30 bits per heavy atom. The average molecular weight is 352 g/mol. The van der Waals surface area contributed by atoms with Crippen LogP contribution in [0, 0.1) is 18.3 Å². The molecule has 2 rings (SSSR count). The van der Waals surface area contributed by atoms with Gasteiger partial charge in [-0.05, 0) is 42.8 Å². The molecule has 1 aromatic carbocycles. The molecule has 0 saturated heterocycles. The number of sulfonamides is 1. The lowest BCUT2D eigenvalue weighted by Gasteiger charge is -2.09. The molecule has 0 spiro atoms. The second kappa shape index (κ2) is 5.61. The summed E-state index contributed by atoms with van der Waals surface area (Å²) < 4.78 is 27.6. The molecule has 0 saturated carbocycles. The van der Waals surface area contributed by atoms with Gasteiger partial charge in [-0.2, -0.15) is 5.26 Å². The average Bonchev–Trinajstić information content (AvgIpc) is 2.37. The molecule has 20 heavy (non-hydrogen) atoms. The predicted molar refractivity (Wildman–Crippen MR) is 78.6 cm³/mol. The van der Waals surface area contributed by atoms with Gasteiger partial charge in [0, 0.05) is 10.7 Å². The van der Waals surface area contributed by atoms with Crippen molar-refractivity contribution in [2.24, 2.45) is 0 Å². The number of aryl methyl sites for hydroxylation is 1. The van der Waals surface area contributed by atoms with Crippen molar-refractivity contribution in [1.29, 1.82) is 5.26 Å². The molecule has 102 valence electrons. The third-order valence-electron chi connectivity index (χ3n) is 2.46. The largest absolute Gasteiger partial charge is 0.280 e. The van der Waals surface area contributed by atoms with Crippen molar-refractivity contribution in [3.05, 3.63) is 52.3 Å². The van der Waals surface area contributed by atoms with Gasteiger partial charge in [0.15, 0.2) is 0 Å². The molecule has 5 nitrogen and oxygen atoms in total. The van der Waals surface area contributed by atoms with Crippen LogP contribution in [0.1, 0.15) is 11.3 Å². The number of hydrogen-bond donors (Lipinski definition) is 1. The summed E-state index contributed by atoms with van der Waals surface area (Å²) in [6.45, 7) is 1.87. The molecule has 1 heterocycles. The predicted octanol–water partition coefficient (Wildman–Crippen LogP) is 2.82. The van der Waals surface area contributed by atoms with Gasteiger partial charge in [0.25, 0.3) is 10.0 Å². The molecule has 0 radical (unpaired) electrons. The summed E-state index contributed by atoms with van der Waals surface area (Å²) >= 11 is 3.31. The first kappa shape index (κ1) is 14.5. The monoisotopic (exact) mass is 351 g/mol. The molecule has 0 bridgehead atoms. The summed E-state index contributed by atoms with van der Waals surface area (Å²) in [5.74, 6) is 0. The van der Waals surface area contributed by atoms with Crippen LogP contribution < -0.4 is 4.72 Å². The van der Waals surface area contributed by atoms with Gasteiger partial charge in [-0.3, -0.25) is 4.72 Å². The SMILES string of the molecule is Cc1cc(Br)cc(NS(=O)(=O)c2ccc(C#N)nc2)c1. The van der Waals surface area contributed by atoms with E-state index in [9.17, 15) is 8.42 Å². The molecule has 0 atom stereocenters. The van der Waals surface area contributed by atoms with E-state index in [1.165, 1.54) is 12.1 Å². The molecule has 7 heteroatoms. The summed E-state index contributed by atoms with van der Waals surface area (Å²) in [5.41, 5.74) is 1.55. The standard InChI is InChI=1S/C13H10BrN3O2S/c1-9-4-10(14)6-12(5-9)17-20(18,19)13-3-2-11(7-15)16-8-13/h2-6,8,17H,1H3. The number of nitrogens with one attached hydrogen (secondary N) is 1. The van der Waals surface area contributed by atoms with Crippen LogP contribution in [0.15, 0.2) is 45.9 Å². The first-order valence-electron chi connectivity index (χ1n) is 5.57. The maximum Gasteiger partial charge on any atom is 0.263 e. The highest BCUT2D eigenvalue weighted by Crippen LogP contribution is 2.21. The van der Waals surface area contributed by atoms with E-state index in [1.807, 2.05) is 19.1 Å². The molecule has 0 amide bonds. The van der Waals surface area contributed by atoms with Crippen molar-refractivity contribution < 1.29 is 8.42 Å². The Hall–Kier alpha value is -1.91. The number of pyridine rings is 1. The summed E-state index contributed by atoms with van der Waals surface area (Å²) in [4.78, 5) is 3.76. The Balaban J connectivity index is 2.33. The van der Waals surface area contributed by atoms with E-state index in [0.29, 0.717) is 5.69 Å². The highest BCUT2D eigenvalue weighted by molar-refractivity contribution is 9.10. The molecule has 0 aliphatic heterocycles. The van der Waals surface area contributed by atoms with E-state index in [2.05, 4.69) is 25.6 Å². The van der Waals surface area contributed by atoms with Gasteiger partial charge in [0.2, 0.25) is 0 Å². The molecule has 0 aliphatic carbocycles. The summed E-state index contributed by atoms with van der Waals surface area (Å²) in [6, 6.07) is 9.81. The number of halogens is 1. The minimum absolute atomic E-state index is 0.00845. The zero-order chi connectivity index (χ0) is 14.8. The Morgan fingerprint density at radius 2 is 2.05 bits per heavy atom. The van der Waals surface area contributed by atoms with E-state index in [4.69, 9.17) is 5.26 Å². The van der Waals surface area contributed by atoms with Gasteiger partial charge in [0.1, 0.15) is 16.7 Å². The number of aromatic nitrogens is 1. The number of rotatable bonds is 3. The van der Waals surface area contributed by atoms with Gasteiger partial charge >= 0.3 is 0 Å². The lowest BCUT2D eigenvalue weighted by atomic mass is 10.2. The third kappa shape index (κ3) is 3.35. The zero-order valence-corrected chi connectivity index (χ0v) is 12.9. The van der Waals surface area contributed by atoms with E-state index < -0.39 is 10.0 Å². The first-order valence-corrected chi connectivity index (χ1v) is 7.84. The molecule has 1 N–H and O–H groups in total. The van der Waals surface area contributed by atoms with Gasteiger partial charge in [-0.1, -0.05) is 15.9 Å². The fourth-order valence-corrected chi connectivity index (χ4v) is 3.21. The van der Waals surface area contributed by atoms with Crippen molar-refractivity contribution >= 4 is 31.6 Å². The van der Waals surface area contributed by atoms with Crippen molar-refractivity contribution in [3.8, 4) is 6.07 Å². The Morgan fingerprint density at radius 3 is 2.60 bits per heavy atom. The fraction of sp³-hybridized carbons (Fsp3) is 0.0769. The van der Waals surface area contributed by atoms with Crippen molar-refractivity contribution in [3.63, 3.8) is 0 Å². The highest BCUT2D eigenvalue weighted by atomic mass is 79.9. The second-order valence-electron chi connectivity index (χ2n) is 4.11. The fourth-order valence-electron chi connectivity index (χ4n) is 1.61. The molecule has 0 unspecified atom stereocenters. The number of nitriles is 1. The van der Waals surface area contributed by atoms with Gasteiger partial charge in [-0.15, -0.1) is 0 Å². The molecule has 0 aliphatic rings. The van der Waals surface area contributed by atoms with E-state index in [1.54, 1.807) is 12.1 Å². The molecule has 2 aromatic rings. The summed E-state index contributed by atoms with van der Waals surface area (Å²) in [7, 11) is -3.71. The molecular weight excluding hydrogens is 342 g/mol. The minimum Gasteiger partial charge on any atom is -0.280 e. The van der Waals surface area contributed by atoms with Crippen LogP contribution >= 0.6 is 15.9 Å². The summed E-state index contributed by atoms with van der Waals surface area (Å²) in [6.07, 6.45) is 1.16. The lowest BCUT2D eigenvalue weighted by Crippen LogP contribution is -2.13. The van der Waals surface area contributed by atoms with Crippen molar-refractivity contribution in [2.45, 2.75) is 11.8 Å². The molecule has 1 aromatic heterocycles. The Labute approximate surface area is 125 Å². The maximum atomic E-state index is 12.2. The zero-order valence-electron chi connectivity index (χ0n) is 10.5. The van der Waals surface area contributed by atoms with Crippen molar-refractivity contribution in [1.82, 2.24) is 4.98 Å². The van der Waals surface area contributed by atoms with E-state index in [0.717, 1.165) is 16.2 Å². The van der Waals surface area contributed by atoms with Gasteiger partial charge < -0.3 is 0 Å². The first-order chi connectivity index (χ1) is 9.40. The maximum absolute atomic E-state index is 12.2. The minimum atomic E-state index is -3.71. The van der Waals surface area contributed by atoms with Crippen LogP contribution in [0.2, 0.25) is 0 Å². The quantitative estimate of drug-likeness (QED) is 0.921. The topological polar surface area (TPSA) is 82.9 Å². The third-order valence-corrected chi connectivity index (χ3v) is 4.28. The van der Waals surface area contributed by atoms with Crippen LogP contribution in [0.25, 0.3) is 0 Å². The van der Waals surface area contributed by atoms with E-state index >= 15 is 0 Å². The smallest absolute Gasteiger partial charge is 0.263 e. The Bertz CT molecular complexity index is 760. The summed E-state index contributed by atoms with van der Waals surface area (Å²) in [5, 5.41) is 8.64. The number of nitrogens with zero attached hydrogens (tertiary/aromatic N) is 2. The number of anilines is 1. The van der Waals surface area contributed by atoms with Gasteiger partial charge in [-0.25, -0.2) is 13.4 Å². The van der Waals surface area contributed by atoms with Crippen LogP contribution in [0.3, 0.4) is 0 Å². The number of hydrogen-bond acceptors (Lipinski definition) is 4. The van der Waals surface area contributed by atoms with Crippen LogP contribution in [-0.2, 0) is 10.0 Å². The van der Waals surface area contributed by atoms with Crippen LogP contribution in [0.4, 0.5) is 5.69 Å². The van der Waals surface area contributed by atoms with Crippen molar-refractivity contribution in [2.75, 3.05) is 4.72 Å².